The average Bonchev–Trinajstić information content (AvgIpc) is 2.97. The van der Waals surface area contributed by atoms with Crippen molar-refractivity contribution in [1.29, 1.82) is 0 Å². The molecular weight excluding hydrogens is 332 g/mol. The molecule has 0 aliphatic heterocycles. The van der Waals surface area contributed by atoms with Gasteiger partial charge in [-0.15, -0.1) is 0 Å². The van der Waals surface area contributed by atoms with Crippen molar-refractivity contribution in [2.45, 2.75) is 20.0 Å². The van der Waals surface area contributed by atoms with Crippen molar-refractivity contribution >= 4 is 13.0 Å². The Morgan fingerprint density at radius 1 is 1.13 bits per heavy atom. The molecule has 0 spiro atoms. The monoisotopic (exact) mass is 348 g/mol. The maximum Gasteiger partial charge on any atom is 0.416 e. The molecule has 0 unspecified atom stereocenters. The van der Waals surface area contributed by atoms with Crippen LogP contribution >= 0.6 is 7.60 Å². The minimum absolute atomic E-state index is 0.163. The van der Waals surface area contributed by atoms with Crippen LogP contribution in [-0.2, 0) is 19.8 Å². The predicted octanol–water partition coefficient (Wildman–Crippen LogP) is 3.99. The lowest BCUT2D eigenvalue weighted by molar-refractivity contribution is -0.137. The standard InChI is InChI=1S/C14H16F3N2O3P/c1-3-21-23(20,22-4-2)13-9-12(18-19-13)10-5-7-11(8-6-10)14(15,16)17/h5-9H,3-4H2,1-2H3,(H,18,19). The van der Waals surface area contributed by atoms with Crippen molar-refractivity contribution < 1.29 is 26.8 Å². The van der Waals surface area contributed by atoms with Crippen molar-refractivity contribution in [3.8, 4) is 11.3 Å². The van der Waals surface area contributed by atoms with Crippen molar-refractivity contribution in [2.24, 2.45) is 0 Å². The van der Waals surface area contributed by atoms with Gasteiger partial charge in [0.05, 0.1) is 24.5 Å². The molecule has 0 bridgehead atoms. The fourth-order valence-electron chi connectivity index (χ4n) is 1.95. The molecule has 0 aliphatic rings. The second-order valence-electron chi connectivity index (χ2n) is 4.55. The van der Waals surface area contributed by atoms with Gasteiger partial charge in [-0.1, -0.05) is 12.1 Å². The maximum atomic E-state index is 12.6. The zero-order chi connectivity index (χ0) is 17.1. The number of aromatic nitrogens is 2. The molecule has 0 aliphatic carbocycles. The van der Waals surface area contributed by atoms with E-state index in [1.165, 1.54) is 18.2 Å². The molecule has 2 aromatic rings. The Morgan fingerprint density at radius 3 is 2.17 bits per heavy atom. The summed E-state index contributed by atoms with van der Waals surface area (Å²) in [7, 11) is -3.51. The normalized spacial score (nSPS) is 12.6. The first-order chi connectivity index (χ1) is 10.8. The SMILES string of the molecule is CCOP(=O)(OCC)c1cc(-c2ccc(C(F)(F)F)cc2)n[nH]1. The van der Waals surface area contributed by atoms with E-state index in [1.807, 2.05) is 0 Å². The van der Waals surface area contributed by atoms with Crippen LogP contribution in [0.3, 0.4) is 0 Å². The summed E-state index contributed by atoms with van der Waals surface area (Å²) < 4.78 is 60.6. The first-order valence-electron chi connectivity index (χ1n) is 6.93. The summed E-state index contributed by atoms with van der Waals surface area (Å²) in [5, 5.41) is 6.54. The van der Waals surface area contributed by atoms with Crippen molar-refractivity contribution in [2.75, 3.05) is 13.2 Å². The van der Waals surface area contributed by atoms with Crippen LogP contribution in [0.25, 0.3) is 11.3 Å². The molecule has 2 rings (SSSR count). The van der Waals surface area contributed by atoms with Gasteiger partial charge in [0.25, 0.3) is 0 Å². The topological polar surface area (TPSA) is 64.2 Å². The fraction of sp³-hybridized carbons (Fsp3) is 0.357. The third kappa shape index (κ3) is 4.02. The zero-order valence-electron chi connectivity index (χ0n) is 12.6. The number of aromatic amines is 1. The smallest absolute Gasteiger partial charge is 0.304 e. The lowest BCUT2D eigenvalue weighted by atomic mass is 10.1. The van der Waals surface area contributed by atoms with Gasteiger partial charge in [0, 0.05) is 5.56 Å². The van der Waals surface area contributed by atoms with Gasteiger partial charge in [-0.3, -0.25) is 9.66 Å². The molecule has 9 heteroatoms. The first kappa shape index (κ1) is 17.7. The summed E-state index contributed by atoms with van der Waals surface area (Å²) >= 11 is 0. The van der Waals surface area contributed by atoms with E-state index in [-0.39, 0.29) is 18.6 Å². The van der Waals surface area contributed by atoms with E-state index < -0.39 is 19.3 Å². The lowest BCUT2D eigenvalue weighted by Crippen LogP contribution is -2.11. The Bertz CT molecular complexity index is 688. The Balaban J connectivity index is 2.30. The van der Waals surface area contributed by atoms with E-state index in [0.717, 1.165) is 12.1 Å². The summed E-state index contributed by atoms with van der Waals surface area (Å²) in [6.45, 7) is 3.73. The maximum absolute atomic E-state index is 12.6. The quantitative estimate of drug-likeness (QED) is 0.802. The molecule has 1 aromatic heterocycles. The number of alkyl halides is 3. The van der Waals surface area contributed by atoms with Gasteiger partial charge >= 0.3 is 13.8 Å². The van der Waals surface area contributed by atoms with Gasteiger partial charge in [0.1, 0.15) is 5.44 Å². The molecule has 0 saturated heterocycles. The lowest BCUT2D eigenvalue weighted by Gasteiger charge is -2.14. The molecule has 5 nitrogen and oxygen atoms in total. The number of hydrogen-bond acceptors (Lipinski definition) is 4. The van der Waals surface area contributed by atoms with Crippen LogP contribution in [0.5, 0.6) is 0 Å². The molecule has 0 amide bonds. The highest BCUT2D eigenvalue weighted by molar-refractivity contribution is 7.61. The average molecular weight is 348 g/mol. The number of halogens is 3. The second-order valence-corrected chi connectivity index (χ2v) is 6.54. The van der Waals surface area contributed by atoms with Crippen molar-refractivity contribution in [3.63, 3.8) is 0 Å². The Hall–Kier alpha value is -1.63. The first-order valence-corrected chi connectivity index (χ1v) is 8.47. The largest absolute Gasteiger partial charge is 0.416 e. The highest BCUT2D eigenvalue weighted by Crippen LogP contribution is 2.46. The summed E-state index contributed by atoms with van der Waals surface area (Å²) in [6, 6.07) is 5.99. The molecule has 1 N–H and O–H groups in total. The van der Waals surface area contributed by atoms with Crippen LogP contribution in [0.2, 0.25) is 0 Å². The molecule has 0 atom stereocenters. The van der Waals surface area contributed by atoms with E-state index in [0.29, 0.717) is 11.3 Å². The number of nitrogens with one attached hydrogen (secondary N) is 1. The minimum Gasteiger partial charge on any atom is -0.304 e. The van der Waals surface area contributed by atoms with Gasteiger partial charge in [-0.25, -0.2) is 0 Å². The minimum atomic E-state index is -4.39. The molecule has 126 valence electrons. The van der Waals surface area contributed by atoms with E-state index >= 15 is 0 Å². The third-order valence-corrected chi connectivity index (χ3v) is 4.98. The highest BCUT2D eigenvalue weighted by Gasteiger charge is 2.31. The van der Waals surface area contributed by atoms with Gasteiger partial charge in [0.2, 0.25) is 0 Å². The summed E-state index contributed by atoms with van der Waals surface area (Å²) in [6.07, 6.45) is -4.39. The summed E-state index contributed by atoms with van der Waals surface area (Å²) in [5.74, 6) is 0. The van der Waals surface area contributed by atoms with Crippen LogP contribution in [0, 0.1) is 0 Å². The molecule has 0 radical (unpaired) electrons. The molecule has 0 saturated carbocycles. The van der Waals surface area contributed by atoms with E-state index in [1.54, 1.807) is 13.8 Å². The molecule has 23 heavy (non-hydrogen) atoms. The van der Waals surface area contributed by atoms with Gasteiger partial charge < -0.3 is 9.05 Å². The van der Waals surface area contributed by atoms with E-state index in [2.05, 4.69) is 10.2 Å². The summed E-state index contributed by atoms with van der Waals surface area (Å²) in [4.78, 5) is 0. The molecular formula is C14H16F3N2O3P. The van der Waals surface area contributed by atoms with Gasteiger partial charge in [-0.2, -0.15) is 18.3 Å². The van der Waals surface area contributed by atoms with Crippen LogP contribution in [0.4, 0.5) is 13.2 Å². The number of nitrogens with zero attached hydrogens (tertiary/aromatic N) is 1. The van der Waals surface area contributed by atoms with E-state index in [9.17, 15) is 17.7 Å². The van der Waals surface area contributed by atoms with Gasteiger partial charge in [0.15, 0.2) is 0 Å². The van der Waals surface area contributed by atoms with Crippen LogP contribution in [-0.4, -0.2) is 23.4 Å². The van der Waals surface area contributed by atoms with Gasteiger partial charge in [-0.05, 0) is 32.0 Å². The van der Waals surface area contributed by atoms with Crippen LogP contribution in [0.15, 0.2) is 30.3 Å². The van der Waals surface area contributed by atoms with Crippen molar-refractivity contribution in [1.82, 2.24) is 10.2 Å². The number of H-pyrrole nitrogens is 1. The predicted molar refractivity (Wildman–Crippen MR) is 79.5 cm³/mol. The number of hydrogen-bond donors (Lipinski definition) is 1. The third-order valence-electron chi connectivity index (χ3n) is 2.97. The molecule has 1 aromatic carbocycles. The number of benzene rings is 1. The Labute approximate surface area is 131 Å². The second kappa shape index (κ2) is 6.86. The zero-order valence-corrected chi connectivity index (χ0v) is 13.4. The van der Waals surface area contributed by atoms with Crippen LogP contribution < -0.4 is 5.44 Å². The van der Waals surface area contributed by atoms with Crippen molar-refractivity contribution in [3.05, 3.63) is 35.9 Å². The highest BCUT2D eigenvalue weighted by atomic mass is 31.2. The summed E-state index contributed by atoms with van der Waals surface area (Å²) in [5.41, 5.74) is 0.232. The molecule has 1 heterocycles. The molecule has 0 fully saturated rings. The fourth-order valence-corrected chi connectivity index (χ4v) is 3.43. The Morgan fingerprint density at radius 2 is 1.70 bits per heavy atom. The van der Waals surface area contributed by atoms with Crippen LogP contribution in [0.1, 0.15) is 19.4 Å². The number of rotatable bonds is 6. The van der Waals surface area contributed by atoms with E-state index in [4.69, 9.17) is 9.05 Å². The Kier molecular flexibility index (Phi) is 5.29.